The Kier molecular flexibility index (Phi) is 2.39. The molecule has 1 saturated carbocycles. The number of rotatable bonds is 3. The number of thiazole rings is 1. The number of aromatic nitrogens is 1. The van der Waals surface area contributed by atoms with Crippen LogP contribution in [-0.4, -0.2) is 28.1 Å². The Morgan fingerprint density at radius 1 is 1.71 bits per heavy atom. The molecule has 0 aromatic carbocycles. The van der Waals surface area contributed by atoms with Crippen LogP contribution in [0.1, 0.15) is 23.3 Å². The molecule has 4 N–H and O–H groups in total. The molecule has 76 valence electrons. The molecule has 1 aromatic heterocycles. The summed E-state index contributed by atoms with van der Waals surface area (Å²) in [6.07, 6.45) is 1.47. The van der Waals surface area contributed by atoms with Crippen molar-refractivity contribution in [3.63, 3.8) is 0 Å². The fourth-order valence-electron chi connectivity index (χ4n) is 1.26. The molecule has 1 amide bonds. The summed E-state index contributed by atoms with van der Waals surface area (Å²) in [5.41, 5.74) is 5.33. The number of hydrogen-bond donors (Lipinski definition) is 3. The summed E-state index contributed by atoms with van der Waals surface area (Å²) in [5.74, 6) is -0.525. The fourth-order valence-corrected chi connectivity index (χ4v) is 2.03. The van der Waals surface area contributed by atoms with Gasteiger partial charge in [0.05, 0.1) is 12.1 Å². The summed E-state index contributed by atoms with van der Waals surface area (Å²) in [6.45, 7) is 0. The van der Waals surface area contributed by atoms with Crippen LogP contribution in [0.25, 0.3) is 0 Å². The van der Waals surface area contributed by atoms with Crippen LogP contribution in [0.15, 0.2) is 5.38 Å². The number of nitrogens with zero attached hydrogens (tertiary/aromatic N) is 1. The molecule has 1 fully saturated rings. The van der Waals surface area contributed by atoms with Gasteiger partial charge in [0.2, 0.25) is 0 Å². The highest BCUT2D eigenvalue weighted by Crippen LogP contribution is 2.25. The molecule has 0 unspecified atom stereocenters. The molecule has 1 aromatic rings. The molecule has 0 radical (unpaired) electrons. The van der Waals surface area contributed by atoms with Crippen LogP contribution >= 0.6 is 11.3 Å². The molecule has 6 heteroatoms. The number of nitrogens with one attached hydrogen (secondary N) is 1. The smallest absolute Gasteiger partial charge is 0.268 e. The SMILES string of the molecule is NC(=O)c1csc(N[C@@H]2CC[C@H]2O)n1. The third-order valence-corrected chi connectivity index (χ3v) is 3.08. The third-order valence-electron chi connectivity index (χ3n) is 2.30. The Balaban J connectivity index is 1.99. The van der Waals surface area contributed by atoms with Gasteiger partial charge in [-0.1, -0.05) is 0 Å². The van der Waals surface area contributed by atoms with Crippen molar-refractivity contribution < 1.29 is 9.90 Å². The Hall–Kier alpha value is -1.14. The lowest BCUT2D eigenvalue weighted by Gasteiger charge is -2.32. The van der Waals surface area contributed by atoms with Crippen molar-refractivity contribution in [2.24, 2.45) is 5.73 Å². The maximum atomic E-state index is 10.7. The molecule has 0 aliphatic heterocycles. The molecule has 0 saturated heterocycles. The van der Waals surface area contributed by atoms with Gasteiger partial charge in [0, 0.05) is 5.38 Å². The Bertz CT molecular complexity index is 352. The highest BCUT2D eigenvalue weighted by Gasteiger charge is 2.29. The summed E-state index contributed by atoms with van der Waals surface area (Å²) in [4.78, 5) is 14.7. The van der Waals surface area contributed by atoms with E-state index in [0.717, 1.165) is 12.8 Å². The van der Waals surface area contributed by atoms with E-state index in [9.17, 15) is 9.90 Å². The zero-order valence-corrected chi connectivity index (χ0v) is 8.25. The summed E-state index contributed by atoms with van der Waals surface area (Å²) < 4.78 is 0. The first-order valence-corrected chi connectivity index (χ1v) is 5.24. The second kappa shape index (κ2) is 3.55. The minimum Gasteiger partial charge on any atom is -0.391 e. The molecule has 2 atom stereocenters. The van der Waals surface area contributed by atoms with Gasteiger partial charge in [-0.15, -0.1) is 11.3 Å². The van der Waals surface area contributed by atoms with E-state index in [1.165, 1.54) is 11.3 Å². The first-order chi connectivity index (χ1) is 6.66. The van der Waals surface area contributed by atoms with E-state index < -0.39 is 5.91 Å². The molecule has 14 heavy (non-hydrogen) atoms. The van der Waals surface area contributed by atoms with Gasteiger partial charge >= 0.3 is 0 Å². The predicted octanol–water partition coefficient (Wildman–Crippen LogP) is 0.177. The molecular weight excluding hydrogens is 202 g/mol. The van der Waals surface area contributed by atoms with E-state index in [1.54, 1.807) is 5.38 Å². The van der Waals surface area contributed by atoms with Crippen molar-refractivity contribution in [3.05, 3.63) is 11.1 Å². The molecular formula is C8H11N3O2S. The first kappa shape index (κ1) is 9.42. The van der Waals surface area contributed by atoms with Gasteiger partial charge in [-0.3, -0.25) is 4.79 Å². The van der Waals surface area contributed by atoms with Crippen molar-refractivity contribution >= 4 is 22.4 Å². The lowest BCUT2D eigenvalue weighted by molar-refractivity contribution is 0.0786. The molecule has 5 nitrogen and oxygen atoms in total. The van der Waals surface area contributed by atoms with Gasteiger partial charge in [0.15, 0.2) is 5.13 Å². The van der Waals surface area contributed by atoms with Gasteiger partial charge in [-0.2, -0.15) is 0 Å². The van der Waals surface area contributed by atoms with Crippen LogP contribution in [0.3, 0.4) is 0 Å². The summed E-state index contributed by atoms with van der Waals surface area (Å²) in [7, 11) is 0. The first-order valence-electron chi connectivity index (χ1n) is 4.37. The van der Waals surface area contributed by atoms with E-state index in [0.29, 0.717) is 5.13 Å². The Morgan fingerprint density at radius 3 is 2.93 bits per heavy atom. The molecule has 1 aliphatic carbocycles. The lowest BCUT2D eigenvalue weighted by Crippen LogP contribution is -2.42. The maximum Gasteiger partial charge on any atom is 0.268 e. The van der Waals surface area contributed by atoms with Crippen molar-refractivity contribution in [3.8, 4) is 0 Å². The zero-order valence-electron chi connectivity index (χ0n) is 7.43. The third kappa shape index (κ3) is 1.71. The van der Waals surface area contributed by atoms with Gasteiger partial charge in [-0.05, 0) is 12.8 Å². The summed E-state index contributed by atoms with van der Waals surface area (Å²) in [5, 5.41) is 14.6. The average Bonchev–Trinajstić information content (AvgIpc) is 2.60. The Labute approximate surface area is 85.0 Å². The van der Waals surface area contributed by atoms with Gasteiger partial charge in [0.25, 0.3) is 5.91 Å². The lowest BCUT2D eigenvalue weighted by atomic mass is 9.89. The van der Waals surface area contributed by atoms with Crippen molar-refractivity contribution in [2.45, 2.75) is 25.0 Å². The number of nitrogens with two attached hydrogens (primary N) is 1. The van der Waals surface area contributed by atoms with Crippen LogP contribution in [0.4, 0.5) is 5.13 Å². The topological polar surface area (TPSA) is 88.2 Å². The normalized spacial score (nSPS) is 25.5. The van der Waals surface area contributed by atoms with Crippen LogP contribution in [0, 0.1) is 0 Å². The molecule has 0 bridgehead atoms. The second-order valence-electron chi connectivity index (χ2n) is 3.30. The molecule has 1 aliphatic rings. The number of aliphatic hydroxyl groups is 1. The van der Waals surface area contributed by atoms with Crippen molar-refractivity contribution in [2.75, 3.05) is 5.32 Å². The largest absolute Gasteiger partial charge is 0.391 e. The van der Waals surface area contributed by atoms with E-state index in [1.807, 2.05) is 0 Å². The number of carbonyl (C=O) groups excluding carboxylic acids is 1. The molecule has 0 spiro atoms. The monoisotopic (exact) mass is 213 g/mol. The fraction of sp³-hybridized carbons (Fsp3) is 0.500. The predicted molar refractivity (Wildman–Crippen MR) is 53.3 cm³/mol. The van der Waals surface area contributed by atoms with Crippen molar-refractivity contribution in [1.29, 1.82) is 0 Å². The van der Waals surface area contributed by atoms with Crippen LogP contribution in [0.2, 0.25) is 0 Å². The van der Waals surface area contributed by atoms with Gasteiger partial charge in [0.1, 0.15) is 5.69 Å². The zero-order chi connectivity index (χ0) is 10.1. The Morgan fingerprint density at radius 2 is 2.50 bits per heavy atom. The number of amides is 1. The minimum absolute atomic E-state index is 0.0712. The number of anilines is 1. The number of primary amides is 1. The van der Waals surface area contributed by atoms with Crippen LogP contribution in [-0.2, 0) is 0 Å². The maximum absolute atomic E-state index is 10.7. The average molecular weight is 213 g/mol. The summed E-state index contributed by atoms with van der Waals surface area (Å²) >= 11 is 1.32. The molecule has 2 rings (SSSR count). The number of carbonyl (C=O) groups is 1. The van der Waals surface area contributed by atoms with E-state index >= 15 is 0 Å². The highest BCUT2D eigenvalue weighted by atomic mass is 32.1. The van der Waals surface area contributed by atoms with Crippen LogP contribution in [0.5, 0.6) is 0 Å². The van der Waals surface area contributed by atoms with E-state index in [2.05, 4.69) is 10.3 Å². The minimum atomic E-state index is -0.525. The standard InChI is InChI=1S/C8H11N3O2S/c9-7(13)5-3-14-8(11-5)10-4-1-2-6(4)12/h3-4,6,12H,1-2H2,(H2,9,13)(H,10,11)/t4-,6-/m1/s1. The number of hydrogen-bond acceptors (Lipinski definition) is 5. The number of aliphatic hydroxyl groups excluding tert-OH is 1. The summed E-state index contributed by atoms with van der Waals surface area (Å²) in [6, 6.07) is 0.0712. The van der Waals surface area contributed by atoms with Crippen LogP contribution < -0.4 is 11.1 Å². The van der Waals surface area contributed by atoms with Crippen molar-refractivity contribution in [1.82, 2.24) is 4.98 Å². The van der Waals surface area contributed by atoms with E-state index in [4.69, 9.17) is 5.73 Å². The highest BCUT2D eigenvalue weighted by molar-refractivity contribution is 7.13. The van der Waals surface area contributed by atoms with Gasteiger partial charge in [-0.25, -0.2) is 4.98 Å². The quantitative estimate of drug-likeness (QED) is 0.668. The molecule has 1 heterocycles. The van der Waals surface area contributed by atoms with Gasteiger partial charge < -0.3 is 16.2 Å². The second-order valence-corrected chi connectivity index (χ2v) is 4.16. The van der Waals surface area contributed by atoms with E-state index in [-0.39, 0.29) is 17.8 Å².